The molecule has 0 saturated heterocycles. The van der Waals surface area contributed by atoms with Crippen molar-refractivity contribution >= 4 is 34.7 Å². The number of halogens is 2. The van der Waals surface area contributed by atoms with Crippen molar-refractivity contribution in [2.24, 2.45) is 0 Å². The highest BCUT2D eigenvalue weighted by molar-refractivity contribution is 6.27. The first-order valence-electron chi connectivity index (χ1n) is 2.42. The molecule has 0 aliphatic heterocycles. The molecule has 0 saturated carbocycles. The van der Waals surface area contributed by atoms with Gasteiger partial charge in [-0.3, -0.25) is 0 Å². The van der Waals surface area contributed by atoms with Crippen molar-refractivity contribution in [3.63, 3.8) is 0 Å². The maximum absolute atomic E-state index is 2.26. The summed E-state index contributed by atoms with van der Waals surface area (Å²) in [6.07, 6.45) is 0. The molecule has 0 aromatic carbocycles. The van der Waals surface area contributed by atoms with Crippen LogP contribution in [0.15, 0.2) is 0 Å². The number of nitrogens with zero attached hydrogens (tertiary/aromatic N) is 2. The molecule has 2 nitrogen and oxygen atoms in total. The third kappa shape index (κ3) is 17.7. The Morgan fingerprint density at radius 3 is 1.00 bits per heavy atom. The maximum atomic E-state index is 2.26. The molecule has 0 aromatic rings. The zero-order chi connectivity index (χ0) is 5.86. The van der Waals surface area contributed by atoms with Gasteiger partial charge in [0.25, 0.3) is 0 Å². The van der Waals surface area contributed by atoms with Gasteiger partial charge in [-0.05, 0) is 28.2 Å². The van der Waals surface area contributed by atoms with E-state index in [1.165, 1.54) is 0 Å². The molecule has 0 bridgehead atoms. The lowest BCUT2D eigenvalue weighted by atomic mass is 11.3. The Labute approximate surface area is 72.4 Å². The summed E-state index contributed by atoms with van der Waals surface area (Å²) in [6, 6.07) is 0. The van der Waals surface area contributed by atoms with Crippen LogP contribution in [0.2, 0.25) is 0 Å². The second-order valence-electron chi connectivity index (χ2n) is 2.30. The van der Waals surface area contributed by atoms with Crippen LogP contribution in [0.25, 0.3) is 0 Å². The average molecular weight is 191 g/mol. The normalized spacial score (nSPS) is 8.67. The Bertz CT molecular complexity index is 45.8. The first-order chi connectivity index (χ1) is 3.13. The lowest BCUT2D eigenvalue weighted by Crippen LogP contribution is -2.31. The topological polar surface area (TPSA) is 6.48 Å². The van der Waals surface area contributed by atoms with E-state index in [2.05, 4.69) is 37.3 Å². The number of rotatable bonds is 2. The van der Waals surface area contributed by atoms with Gasteiger partial charge in [-0.25, -0.2) is 0 Å². The highest BCUT2D eigenvalue weighted by Crippen LogP contribution is 1.70. The van der Waals surface area contributed by atoms with E-state index in [1.807, 2.05) is 0 Å². The Morgan fingerprint density at radius 1 is 0.778 bits per heavy atom. The Kier molecular flexibility index (Phi) is 15.9. The molecule has 0 N–H and O–H groups in total. The van der Waals surface area contributed by atoms with Crippen LogP contribution in [0.3, 0.4) is 0 Å². The molecule has 60 valence electrons. The molecular formula is C4H16Cl2N2Si. The van der Waals surface area contributed by atoms with Gasteiger partial charge in [-0.1, -0.05) is 0 Å². The monoisotopic (exact) mass is 190 g/mol. The molecule has 0 aliphatic rings. The van der Waals surface area contributed by atoms with Gasteiger partial charge in [0.15, 0.2) is 9.84 Å². The van der Waals surface area contributed by atoms with E-state index in [4.69, 9.17) is 0 Å². The molecule has 0 unspecified atom stereocenters. The van der Waals surface area contributed by atoms with Crippen LogP contribution >= 0.6 is 24.8 Å². The van der Waals surface area contributed by atoms with Crippen molar-refractivity contribution < 1.29 is 0 Å². The number of hydrogen-bond acceptors (Lipinski definition) is 2. The van der Waals surface area contributed by atoms with E-state index in [0.717, 1.165) is 0 Å². The molecule has 5 heteroatoms. The van der Waals surface area contributed by atoms with Crippen LogP contribution in [-0.4, -0.2) is 47.2 Å². The van der Waals surface area contributed by atoms with Crippen LogP contribution in [0.5, 0.6) is 0 Å². The van der Waals surface area contributed by atoms with E-state index in [1.54, 1.807) is 0 Å². The summed E-state index contributed by atoms with van der Waals surface area (Å²) < 4.78 is 4.53. The predicted molar refractivity (Wildman–Crippen MR) is 50.4 cm³/mol. The van der Waals surface area contributed by atoms with E-state index in [0.29, 0.717) is 0 Å². The van der Waals surface area contributed by atoms with Crippen molar-refractivity contribution in [3.05, 3.63) is 0 Å². The van der Waals surface area contributed by atoms with Gasteiger partial charge in [0, 0.05) is 0 Å². The minimum atomic E-state index is -0.0525. The summed E-state index contributed by atoms with van der Waals surface area (Å²) in [4.78, 5) is 0. The lowest BCUT2D eigenvalue weighted by Gasteiger charge is -2.13. The van der Waals surface area contributed by atoms with Crippen LogP contribution < -0.4 is 0 Å². The second kappa shape index (κ2) is 8.72. The number of hydrogen-bond donors (Lipinski definition) is 0. The summed E-state index contributed by atoms with van der Waals surface area (Å²) in [5.41, 5.74) is 0. The Morgan fingerprint density at radius 2 is 1.00 bits per heavy atom. The molecule has 0 aliphatic carbocycles. The molecule has 0 atom stereocenters. The third-order valence-corrected chi connectivity index (χ3v) is 1.70. The van der Waals surface area contributed by atoms with Crippen molar-refractivity contribution in [1.29, 1.82) is 0 Å². The standard InChI is InChI=1S/C4H14N2Si.2ClH/c1-5(2)7-6(3)4;;/h7H2,1-4H3;2*1H. The minimum Gasteiger partial charge on any atom is -0.322 e. The summed E-state index contributed by atoms with van der Waals surface area (Å²) in [7, 11) is 8.42. The van der Waals surface area contributed by atoms with E-state index < -0.39 is 0 Å². The fraction of sp³-hybridized carbons (Fsp3) is 1.00. The van der Waals surface area contributed by atoms with Crippen molar-refractivity contribution in [1.82, 2.24) is 9.13 Å². The SMILES string of the molecule is CN(C)[SiH2]N(C)C.Cl.Cl. The smallest absolute Gasteiger partial charge is 0.172 e. The zero-order valence-electron chi connectivity index (χ0n) is 6.42. The van der Waals surface area contributed by atoms with E-state index >= 15 is 0 Å². The predicted octanol–water partition coefficient (Wildman–Crippen LogP) is -0.0480. The van der Waals surface area contributed by atoms with Crippen molar-refractivity contribution in [3.8, 4) is 0 Å². The second-order valence-corrected chi connectivity index (χ2v) is 5.11. The largest absolute Gasteiger partial charge is 0.322 e. The van der Waals surface area contributed by atoms with Crippen molar-refractivity contribution in [2.45, 2.75) is 0 Å². The first kappa shape index (κ1) is 16.4. The van der Waals surface area contributed by atoms with E-state index in [9.17, 15) is 0 Å². The minimum absolute atomic E-state index is 0. The molecule has 0 heterocycles. The molecule has 0 spiro atoms. The molecule has 0 rings (SSSR count). The fourth-order valence-corrected chi connectivity index (χ4v) is 1.70. The molecule has 0 fully saturated rings. The van der Waals surface area contributed by atoms with Gasteiger partial charge in [0.1, 0.15) is 0 Å². The van der Waals surface area contributed by atoms with Gasteiger partial charge in [0.2, 0.25) is 0 Å². The Balaban J connectivity index is -0.000000180. The lowest BCUT2D eigenvalue weighted by molar-refractivity contribution is 0.549. The quantitative estimate of drug-likeness (QED) is 0.565. The molecular weight excluding hydrogens is 175 g/mol. The highest BCUT2D eigenvalue weighted by atomic mass is 35.5. The first-order valence-corrected chi connectivity index (χ1v) is 3.69. The van der Waals surface area contributed by atoms with Gasteiger partial charge in [-0.2, -0.15) is 0 Å². The third-order valence-electron chi connectivity index (χ3n) is 0.566. The van der Waals surface area contributed by atoms with E-state index in [-0.39, 0.29) is 34.7 Å². The molecule has 0 aromatic heterocycles. The maximum Gasteiger partial charge on any atom is 0.172 e. The summed E-state index contributed by atoms with van der Waals surface area (Å²) in [5.74, 6) is 0. The van der Waals surface area contributed by atoms with Gasteiger partial charge >= 0.3 is 0 Å². The average Bonchev–Trinajstić information content (AvgIpc) is 1.27. The van der Waals surface area contributed by atoms with Crippen LogP contribution in [0.1, 0.15) is 0 Å². The zero-order valence-corrected chi connectivity index (χ0v) is 9.47. The van der Waals surface area contributed by atoms with Gasteiger partial charge in [-0.15, -0.1) is 24.8 Å². The van der Waals surface area contributed by atoms with Gasteiger partial charge < -0.3 is 9.13 Å². The molecule has 9 heavy (non-hydrogen) atoms. The summed E-state index contributed by atoms with van der Waals surface area (Å²) >= 11 is 0. The Hall–Kier alpha value is 0.717. The van der Waals surface area contributed by atoms with Crippen molar-refractivity contribution in [2.75, 3.05) is 28.2 Å². The van der Waals surface area contributed by atoms with Crippen LogP contribution in [0.4, 0.5) is 0 Å². The summed E-state index contributed by atoms with van der Waals surface area (Å²) in [6.45, 7) is 0. The summed E-state index contributed by atoms with van der Waals surface area (Å²) in [5, 5.41) is 0. The molecule has 0 radical (unpaired) electrons. The fourth-order valence-electron chi connectivity index (χ4n) is 0.566. The van der Waals surface area contributed by atoms with Crippen LogP contribution in [-0.2, 0) is 0 Å². The van der Waals surface area contributed by atoms with Gasteiger partial charge in [0.05, 0.1) is 0 Å². The molecule has 0 amide bonds. The highest BCUT2D eigenvalue weighted by Gasteiger charge is 1.89. The van der Waals surface area contributed by atoms with Crippen LogP contribution in [0, 0.1) is 0 Å².